The monoisotopic (exact) mass is 483 g/mol. The standard InChI is InChI=1S/C23H25N5O5S/c1-24-34(31,32)33-21-12-18(11-20(21)29)27-23-19(13-25-15-26-23)22(30)17-8-10-28(14-17)9-7-16-5-3-2-4-6-16/h2-10,13-15,18,20-21,24,29H,11-12H2,1H3,(H,25,26,27)/b9-7-/t18-,20+,21-/m1/s1. The number of carbonyl (C=O) groups excluding carboxylic acids is 1. The van der Waals surface area contributed by atoms with Crippen LogP contribution >= 0.6 is 0 Å². The summed E-state index contributed by atoms with van der Waals surface area (Å²) in [6.07, 6.45) is 8.61. The number of benzene rings is 1. The number of hydrogen-bond acceptors (Lipinski definition) is 8. The molecular weight excluding hydrogens is 458 g/mol. The fourth-order valence-electron chi connectivity index (χ4n) is 3.75. The summed E-state index contributed by atoms with van der Waals surface area (Å²) in [7, 11) is -2.70. The molecule has 1 aliphatic rings. The third-order valence-electron chi connectivity index (χ3n) is 5.49. The molecule has 1 aliphatic carbocycles. The highest BCUT2D eigenvalue weighted by molar-refractivity contribution is 7.84. The first-order valence-electron chi connectivity index (χ1n) is 10.7. The highest BCUT2D eigenvalue weighted by Gasteiger charge is 2.37. The normalized spacial score (nSPS) is 20.6. The van der Waals surface area contributed by atoms with Gasteiger partial charge in [0.15, 0.2) is 5.78 Å². The molecule has 0 amide bonds. The topological polar surface area (TPSA) is 135 Å². The van der Waals surface area contributed by atoms with Crippen molar-refractivity contribution in [3.05, 3.63) is 78.0 Å². The molecule has 0 unspecified atom stereocenters. The minimum atomic E-state index is -3.94. The van der Waals surface area contributed by atoms with E-state index < -0.39 is 22.5 Å². The highest BCUT2D eigenvalue weighted by atomic mass is 32.2. The molecule has 11 heteroatoms. The van der Waals surface area contributed by atoms with Gasteiger partial charge in [-0.2, -0.15) is 13.1 Å². The number of rotatable bonds is 9. The SMILES string of the molecule is CNS(=O)(=O)O[C@@H]1C[C@H](Nc2ncncc2C(=O)c2ccn(/C=C\c3ccccc3)c2)C[C@@H]1O. The largest absolute Gasteiger partial charge is 0.390 e. The molecular formula is C23H25N5O5S. The Bertz CT molecular complexity index is 1280. The number of nitrogens with zero attached hydrogens (tertiary/aromatic N) is 3. The number of carbonyl (C=O) groups is 1. The van der Waals surface area contributed by atoms with E-state index in [4.69, 9.17) is 4.18 Å². The van der Waals surface area contributed by atoms with Crippen LogP contribution in [0.1, 0.15) is 34.3 Å². The molecule has 2 aromatic heterocycles. The summed E-state index contributed by atoms with van der Waals surface area (Å²) in [5.41, 5.74) is 1.77. The highest BCUT2D eigenvalue weighted by Crippen LogP contribution is 2.28. The van der Waals surface area contributed by atoms with Crippen LogP contribution in [-0.2, 0) is 14.5 Å². The number of ketones is 1. The first-order chi connectivity index (χ1) is 16.3. The van der Waals surface area contributed by atoms with Gasteiger partial charge in [-0.05, 0) is 30.5 Å². The Labute approximate surface area is 197 Å². The van der Waals surface area contributed by atoms with Gasteiger partial charge in [-0.25, -0.2) is 9.97 Å². The molecule has 1 fully saturated rings. The predicted molar refractivity (Wildman–Crippen MR) is 127 cm³/mol. The van der Waals surface area contributed by atoms with E-state index in [1.807, 2.05) is 42.6 Å². The lowest BCUT2D eigenvalue weighted by atomic mass is 10.1. The molecule has 10 nitrogen and oxygen atoms in total. The second kappa shape index (κ2) is 10.3. The van der Waals surface area contributed by atoms with Crippen LogP contribution in [0.3, 0.4) is 0 Å². The molecule has 0 aliphatic heterocycles. The number of anilines is 1. The predicted octanol–water partition coefficient (Wildman–Crippen LogP) is 1.92. The molecule has 178 valence electrons. The van der Waals surface area contributed by atoms with E-state index in [-0.39, 0.29) is 30.2 Å². The second-order valence-corrected chi connectivity index (χ2v) is 9.37. The summed E-state index contributed by atoms with van der Waals surface area (Å²) < 4.78 is 32.2. The van der Waals surface area contributed by atoms with Gasteiger partial charge in [0.2, 0.25) is 0 Å². The van der Waals surface area contributed by atoms with Crippen molar-refractivity contribution in [2.45, 2.75) is 31.1 Å². The average molecular weight is 484 g/mol. The maximum atomic E-state index is 13.2. The molecule has 0 saturated heterocycles. The van der Waals surface area contributed by atoms with Gasteiger partial charge in [0, 0.05) is 43.4 Å². The van der Waals surface area contributed by atoms with Gasteiger partial charge >= 0.3 is 10.3 Å². The van der Waals surface area contributed by atoms with Crippen molar-refractivity contribution < 1.29 is 22.5 Å². The van der Waals surface area contributed by atoms with E-state index in [9.17, 15) is 18.3 Å². The van der Waals surface area contributed by atoms with Gasteiger partial charge in [-0.15, -0.1) is 0 Å². The summed E-state index contributed by atoms with van der Waals surface area (Å²) in [4.78, 5) is 21.3. The number of nitrogens with one attached hydrogen (secondary N) is 2. The maximum Gasteiger partial charge on any atom is 0.335 e. The molecule has 4 rings (SSSR count). The summed E-state index contributed by atoms with van der Waals surface area (Å²) >= 11 is 0. The third kappa shape index (κ3) is 5.75. The third-order valence-corrected chi connectivity index (χ3v) is 6.49. The maximum absolute atomic E-state index is 13.2. The summed E-state index contributed by atoms with van der Waals surface area (Å²) in [6.45, 7) is 0. The van der Waals surface area contributed by atoms with Gasteiger partial charge < -0.3 is 15.0 Å². The van der Waals surface area contributed by atoms with Crippen LogP contribution in [-0.4, -0.2) is 59.1 Å². The average Bonchev–Trinajstić information content (AvgIpc) is 3.44. The first kappa shape index (κ1) is 23.8. The van der Waals surface area contributed by atoms with Crippen molar-refractivity contribution in [1.29, 1.82) is 0 Å². The minimum Gasteiger partial charge on any atom is -0.390 e. The molecule has 1 saturated carbocycles. The fourth-order valence-corrected chi connectivity index (χ4v) is 4.37. The molecule has 1 aromatic carbocycles. The molecule has 2 heterocycles. The number of aliphatic hydroxyl groups is 1. The van der Waals surface area contributed by atoms with Gasteiger partial charge in [-0.3, -0.25) is 8.98 Å². The van der Waals surface area contributed by atoms with Crippen LogP contribution < -0.4 is 10.0 Å². The number of aromatic nitrogens is 3. The first-order valence-corrected chi connectivity index (χ1v) is 12.1. The summed E-state index contributed by atoms with van der Waals surface area (Å²) in [6, 6.07) is 11.2. The summed E-state index contributed by atoms with van der Waals surface area (Å²) in [5.74, 6) is 0.0426. The van der Waals surface area contributed by atoms with Crippen LogP contribution in [0.5, 0.6) is 0 Å². The van der Waals surface area contributed by atoms with Gasteiger partial charge in [-0.1, -0.05) is 30.3 Å². The minimum absolute atomic E-state index is 0.223. The van der Waals surface area contributed by atoms with E-state index in [1.165, 1.54) is 19.6 Å². The van der Waals surface area contributed by atoms with Crippen LogP contribution in [0.25, 0.3) is 12.3 Å². The molecule has 0 radical (unpaired) electrons. The smallest absolute Gasteiger partial charge is 0.335 e. The van der Waals surface area contributed by atoms with Crippen molar-refractivity contribution in [2.75, 3.05) is 12.4 Å². The molecule has 3 aromatic rings. The second-order valence-electron chi connectivity index (χ2n) is 7.86. The molecule has 0 bridgehead atoms. The lowest BCUT2D eigenvalue weighted by molar-refractivity contribution is 0.0636. The molecule has 0 spiro atoms. The summed E-state index contributed by atoms with van der Waals surface area (Å²) in [5, 5.41) is 13.4. The van der Waals surface area contributed by atoms with Crippen molar-refractivity contribution >= 4 is 34.2 Å². The van der Waals surface area contributed by atoms with Crippen LogP contribution in [0.15, 0.2) is 61.3 Å². The lowest BCUT2D eigenvalue weighted by Crippen LogP contribution is -2.31. The number of hydrogen-bond donors (Lipinski definition) is 3. The van der Waals surface area contributed by atoms with Gasteiger partial charge in [0.05, 0.1) is 11.7 Å². The van der Waals surface area contributed by atoms with E-state index in [1.54, 1.807) is 23.0 Å². The van der Waals surface area contributed by atoms with E-state index in [0.717, 1.165) is 5.56 Å². The van der Waals surface area contributed by atoms with Crippen molar-refractivity contribution in [1.82, 2.24) is 19.3 Å². The van der Waals surface area contributed by atoms with Crippen LogP contribution in [0.2, 0.25) is 0 Å². The van der Waals surface area contributed by atoms with E-state index in [2.05, 4.69) is 20.0 Å². The van der Waals surface area contributed by atoms with E-state index in [0.29, 0.717) is 11.4 Å². The van der Waals surface area contributed by atoms with Gasteiger partial charge in [0.25, 0.3) is 0 Å². The Morgan fingerprint density at radius 2 is 2.03 bits per heavy atom. The van der Waals surface area contributed by atoms with Crippen molar-refractivity contribution in [3.63, 3.8) is 0 Å². The Kier molecular flexibility index (Phi) is 7.17. The lowest BCUT2D eigenvalue weighted by Gasteiger charge is -2.15. The number of aliphatic hydroxyl groups excluding tert-OH is 1. The van der Waals surface area contributed by atoms with Crippen molar-refractivity contribution in [3.8, 4) is 0 Å². The molecule has 3 atom stereocenters. The Hall–Kier alpha value is -3.38. The quantitative estimate of drug-likeness (QED) is 0.393. The van der Waals surface area contributed by atoms with Gasteiger partial charge in [0.1, 0.15) is 18.2 Å². The fraction of sp³-hybridized carbons (Fsp3) is 0.261. The molecule has 34 heavy (non-hydrogen) atoms. The van der Waals surface area contributed by atoms with Crippen molar-refractivity contribution in [2.24, 2.45) is 0 Å². The van der Waals surface area contributed by atoms with E-state index >= 15 is 0 Å². The zero-order valence-electron chi connectivity index (χ0n) is 18.4. The Morgan fingerprint density at radius 3 is 2.79 bits per heavy atom. The zero-order valence-corrected chi connectivity index (χ0v) is 19.2. The Balaban J connectivity index is 1.46. The molecule has 3 N–H and O–H groups in total. The zero-order chi connectivity index (χ0) is 24.1. The van der Waals surface area contributed by atoms with Crippen LogP contribution in [0.4, 0.5) is 5.82 Å². The van der Waals surface area contributed by atoms with Crippen LogP contribution in [0, 0.1) is 0 Å². The Morgan fingerprint density at radius 1 is 1.24 bits per heavy atom.